The maximum Gasteiger partial charge on any atom is 0.338 e. The Hall–Kier alpha value is -2.44. The molecule has 7 heteroatoms. The quantitative estimate of drug-likeness (QED) is 0.371. The predicted molar refractivity (Wildman–Crippen MR) is 115 cm³/mol. The highest BCUT2D eigenvalue weighted by Crippen LogP contribution is 2.32. The number of ether oxygens (including phenoxy) is 1. The molecule has 156 valence electrons. The number of esters is 1. The van der Waals surface area contributed by atoms with Crippen molar-refractivity contribution in [1.29, 1.82) is 0 Å². The van der Waals surface area contributed by atoms with E-state index in [-0.39, 0.29) is 24.2 Å². The van der Waals surface area contributed by atoms with E-state index in [9.17, 15) is 14.4 Å². The molecule has 1 aliphatic heterocycles. The van der Waals surface area contributed by atoms with Crippen LogP contribution in [0.4, 0.5) is 0 Å². The fraction of sp³-hybridized carbons (Fsp3) is 0.409. The highest BCUT2D eigenvalue weighted by Gasteiger charge is 2.33. The van der Waals surface area contributed by atoms with Gasteiger partial charge in [0.25, 0.3) is 11.8 Å². The Morgan fingerprint density at radius 2 is 1.72 bits per heavy atom. The first-order valence-electron chi connectivity index (χ1n) is 9.69. The van der Waals surface area contributed by atoms with Crippen molar-refractivity contribution in [1.82, 2.24) is 9.80 Å². The topological polar surface area (TPSA) is 66.9 Å². The van der Waals surface area contributed by atoms with Gasteiger partial charge in [0.05, 0.1) is 12.2 Å². The van der Waals surface area contributed by atoms with Crippen LogP contribution in [-0.4, -0.2) is 61.4 Å². The number of hydrogen-bond acceptors (Lipinski definition) is 5. The summed E-state index contributed by atoms with van der Waals surface area (Å²) in [6.07, 6.45) is 2.87. The summed E-state index contributed by atoms with van der Waals surface area (Å²) in [5.41, 5.74) is 1.29. The standard InChI is InChI=1S/C22H26N2O4.ClH/c1-4-5-6-14-28-22(27)16-10-11-18-19-15(16)8-7-9-17(19)20(25)24(21(18)26)13-12-23(2)3;/h7-11H,4-6,12-14H2,1-3H3;1H. The van der Waals surface area contributed by atoms with Crippen molar-refractivity contribution in [2.24, 2.45) is 0 Å². The van der Waals surface area contributed by atoms with E-state index in [1.165, 1.54) is 4.90 Å². The second-order valence-electron chi connectivity index (χ2n) is 7.30. The third kappa shape index (κ3) is 4.60. The summed E-state index contributed by atoms with van der Waals surface area (Å²) in [6.45, 7) is 3.36. The van der Waals surface area contributed by atoms with Gasteiger partial charge < -0.3 is 9.64 Å². The molecular formula is C22H27ClN2O4. The van der Waals surface area contributed by atoms with Gasteiger partial charge in [-0.3, -0.25) is 14.5 Å². The first-order valence-corrected chi connectivity index (χ1v) is 9.69. The Bertz CT molecular complexity index is 904. The largest absolute Gasteiger partial charge is 0.462 e. The van der Waals surface area contributed by atoms with Gasteiger partial charge in [0.2, 0.25) is 0 Å². The van der Waals surface area contributed by atoms with Crippen LogP contribution in [-0.2, 0) is 4.74 Å². The molecule has 29 heavy (non-hydrogen) atoms. The minimum Gasteiger partial charge on any atom is -0.462 e. The van der Waals surface area contributed by atoms with Gasteiger partial charge in [0.1, 0.15) is 0 Å². The van der Waals surface area contributed by atoms with E-state index in [4.69, 9.17) is 4.74 Å². The van der Waals surface area contributed by atoms with Crippen molar-refractivity contribution in [3.8, 4) is 0 Å². The molecule has 0 bridgehead atoms. The Balaban J connectivity index is 0.00000300. The lowest BCUT2D eigenvalue weighted by atomic mass is 9.91. The van der Waals surface area contributed by atoms with Crippen molar-refractivity contribution >= 4 is 41.0 Å². The summed E-state index contributed by atoms with van der Waals surface area (Å²) in [5.74, 6) is -1.06. The molecule has 0 atom stereocenters. The number of imide groups is 1. The number of hydrogen-bond donors (Lipinski definition) is 0. The summed E-state index contributed by atoms with van der Waals surface area (Å²) in [6, 6.07) is 8.47. The lowest BCUT2D eigenvalue weighted by Crippen LogP contribution is -2.43. The lowest BCUT2D eigenvalue weighted by Gasteiger charge is -2.28. The van der Waals surface area contributed by atoms with Crippen molar-refractivity contribution < 1.29 is 19.1 Å². The van der Waals surface area contributed by atoms with Crippen molar-refractivity contribution in [2.45, 2.75) is 26.2 Å². The van der Waals surface area contributed by atoms with Crippen LogP contribution in [0.5, 0.6) is 0 Å². The molecule has 0 spiro atoms. The molecule has 0 saturated carbocycles. The molecule has 0 saturated heterocycles. The predicted octanol–water partition coefficient (Wildman–Crippen LogP) is 3.77. The number of nitrogens with zero attached hydrogens (tertiary/aromatic N) is 2. The zero-order valence-corrected chi connectivity index (χ0v) is 17.9. The highest BCUT2D eigenvalue weighted by atomic mass is 35.5. The van der Waals surface area contributed by atoms with Crippen LogP contribution in [0.2, 0.25) is 0 Å². The van der Waals surface area contributed by atoms with Gasteiger partial charge in [-0.15, -0.1) is 12.4 Å². The van der Waals surface area contributed by atoms with Crippen LogP contribution in [0.15, 0.2) is 30.3 Å². The minimum absolute atomic E-state index is 0. The monoisotopic (exact) mass is 418 g/mol. The Morgan fingerprint density at radius 1 is 1.03 bits per heavy atom. The first-order chi connectivity index (χ1) is 13.5. The molecule has 0 unspecified atom stereocenters. The average molecular weight is 419 g/mol. The number of carbonyl (C=O) groups is 3. The number of amides is 2. The number of likely N-dealkylation sites (N-methyl/N-ethyl adjacent to an activating group) is 1. The molecule has 0 aromatic heterocycles. The van der Waals surface area contributed by atoms with Crippen LogP contribution >= 0.6 is 12.4 Å². The molecule has 2 aromatic carbocycles. The number of halogens is 1. The van der Waals surface area contributed by atoms with E-state index in [0.717, 1.165) is 19.3 Å². The maximum absolute atomic E-state index is 12.9. The summed E-state index contributed by atoms with van der Waals surface area (Å²) >= 11 is 0. The first kappa shape index (κ1) is 22.8. The third-order valence-electron chi connectivity index (χ3n) is 4.96. The molecule has 1 aliphatic rings. The average Bonchev–Trinajstić information content (AvgIpc) is 2.68. The van der Waals surface area contributed by atoms with Gasteiger partial charge >= 0.3 is 5.97 Å². The third-order valence-corrected chi connectivity index (χ3v) is 4.96. The molecule has 1 heterocycles. The van der Waals surface area contributed by atoms with Gasteiger partial charge in [-0.05, 0) is 44.1 Å². The molecule has 3 rings (SSSR count). The van der Waals surface area contributed by atoms with Crippen LogP contribution < -0.4 is 0 Å². The van der Waals surface area contributed by atoms with Crippen molar-refractivity contribution in [3.05, 3.63) is 47.0 Å². The van der Waals surface area contributed by atoms with E-state index in [1.54, 1.807) is 30.3 Å². The molecule has 2 amide bonds. The van der Waals surface area contributed by atoms with Gasteiger partial charge in [-0.2, -0.15) is 0 Å². The summed E-state index contributed by atoms with van der Waals surface area (Å²) in [7, 11) is 3.79. The molecule has 2 aromatic rings. The molecule has 6 nitrogen and oxygen atoms in total. The summed E-state index contributed by atoms with van der Waals surface area (Å²) < 4.78 is 5.38. The second kappa shape index (κ2) is 9.85. The molecule has 0 radical (unpaired) electrons. The highest BCUT2D eigenvalue weighted by molar-refractivity contribution is 6.27. The molecular weight excluding hydrogens is 392 g/mol. The second-order valence-corrected chi connectivity index (χ2v) is 7.30. The normalized spacial score (nSPS) is 13.0. The summed E-state index contributed by atoms with van der Waals surface area (Å²) in [5, 5.41) is 1.13. The van der Waals surface area contributed by atoms with Crippen LogP contribution in [0.1, 0.15) is 57.3 Å². The zero-order chi connectivity index (χ0) is 20.3. The van der Waals surface area contributed by atoms with Gasteiger partial charge in [-0.25, -0.2) is 4.79 Å². The SMILES string of the molecule is CCCCCOC(=O)c1ccc2c3c(cccc13)C(=O)N(CCN(C)C)C2=O.Cl. The van der Waals surface area contributed by atoms with Gasteiger partial charge in [0.15, 0.2) is 0 Å². The molecule has 0 fully saturated rings. The fourth-order valence-corrected chi connectivity index (χ4v) is 3.42. The van der Waals surface area contributed by atoms with E-state index in [2.05, 4.69) is 6.92 Å². The number of benzene rings is 2. The van der Waals surface area contributed by atoms with Crippen LogP contribution in [0.3, 0.4) is 0 Å². The Labute approximate surface area is 177 Å². The Kier molecular flexibility index (Phi) is 7.76. The van der Waals surface area contributed by atoms with E-state index < -0.39 is 5.97 Å². The minimum atomic E-state index is -0.422. The van der Waals surface area contributed by atoms with Gasteiger partial charge in [0, 0.05) is 29.6 Å². The number of carbonyl (C=O) groups excluding carboxylic acids is 3. The fourth-order valence-electron chi connectivity index (χ4n) is 3.42. The van der Waals surface area contributed by atoms with Crippen molar-refractivity contribution in [3.63, 3.8) is 0 Å². The number of unbranched alkanes of at least 4 members (excludes halogenated alkanes) is 2. The number of rotatable bonds is 8. The maximum atomic E-state index is 12.9. The van der Waals surface area contributed by atoms with E-state index >= 15 is 0 Å². The molecule has 0 aliphatic carbocycles. The van der Waals surface area contributed by atoms with E-state index in [0.29, 0.717) is 47.2 Å². The Morgan fingerprint density at radius 3 is 2.38 bits per heavy atom. The lowest BCUT2D eigenvalue weighted by molar-refractivity contribution is 0.0498. The van der Waals surface area contributed by atoms with Crippen molar-refractivity contribution in [2.75, 3.05) is 33.8 Å². The van der Waals surface area contributed by atoms with Crippen LogP contribution in [0.25, 0.3) is 10.8 Å². The van der Waals surface area contributed by atoms with E-state index in [1.807, 2.05) is 19.0 Å². The summed E-state index contributed by atoms with van der Waals surface area (Å²) in [4.78, 5) is 41.6. The zero-order valence-electron chi connectivity index (χ0n) is 17.1. The molecule has 0 N–H and O–H groups in total. The van der Waals surface area contributed by atoms with Crippen LogP contribution in [0, 0.1) is 0 Å². The van der Waals surface area contributed by atoms with Gasteiger partial charge in [-0.1, -0.05) is 31.9 Å². The smallest absolute Gasteiger partial charge is 0.338 e.